The van der Waals surface area contributed by atoms with Gasteiger partial charge in [-0.05, 0) is 43.5 Å². The van der Waals surface area contributed by atoms with Crippen LogP contribution in [0.15, 0.2) is 45.5 Å². The van der Waals surface area contributed by atoms with Crippen LogP contribution in [-0.2, 0) is 26.0 Å². The van der Waals surface area contributed by atoms with Crippen LogP contribution < -0.4 is 10.6 Å². The molecule has 1 aromatic carbocycles. The van der Waals surface area contributed by atoms with E-state index < -0.39 is 15.1 Å². The lowest BCUT2D eigenvalue weighted by atomic mass is 10.3. The van der Waals surface area contributed by atoms with E-state index in [9.17, 15) is 18.0 Å². The molecule has 2 heterocycles. The molecule has 2 N–H and O–H groups in total. The van der Waals surface area contributed by atoms with E-state index in [2.05, 4.69) is 10.6 Å². The Balaban J connectivity index is 1.69. The lowest BCUT2D eigenvalue weighted by Gasteiger charge is -2.22. The fourth-order valence-corrected chi connectivity index (χ4v) is 5.59. The summed E-state index contributed by atoms with van der Waals surface area (Å²) >= 11 is 2.92. The van der Waals surface area contributed by atoms with Crippen LogP contribution in [0, 0.1) is 0 Å². The highest BCUT2D eigenvalue weighted by molar-refractivity contribution is 8.01. The Bertz CT molecular complexity index is 955. The fourth-order valence-electron chi connectivity index (χ4n) is 2.64. The molecule has 6 nitrogen and oxygen atoms in total. The quantitative estimate of drug-likeness (QED) is 0.744. The van der Waals surface area contributed by atoms with Crippen molar-refractivity contribution < 1.29 is 18.0 Å². The zero-order valence-corrected chi connectivity index (χ0v) is 17.3. The molecule has 1 aliphatic heterocycles. The molecule has 1 aliphatic rings. The van der Waals surface area contributed by atoms with Gasteiger partial charge in [0.05, 0.1) is 27.6 Å². The first-order valence-electron chi connectivity index (χ1n) is 8.42. The second kappa shape index (κ2) is 8.04. The number of carbonyl (C=O) groups is 2. The highest BCUT2D eigenvalue weighted by atomic mass is 32.2. The first kappa shape index (κ1) is 19.9. The summed E-state index contributed by atoms with van der Waals surface area (Å²) in [5, 5.41) is 6.31. The largest absolute Gasteiger partial charge is 0.351 e. The highest BCUT2D eigenvalue weighted by Gasteiger charge is 2.29. The summed E-state index contributed by atoms with van der Waals surface area (Å²) in [4.78, 5) is 25.9. The molecule has 0 bridgehead atoms. The summed E-state index contributed by atoms with van der Waals surface area (Å²) < 4.78 is 25.7. The summed E-state index contributed by atoms with van der Waals surface area (Å²) in [6, 6.07) is 8.51. The molecule has 0 fully saturated rings. The first-order chi connectivity index (χ1) is 12.8. The highest BCUT2D eigenvalue weighted by Crippen LogP contribution is 2.37. The molecule has 9 heteroatoms. The Morgan fingerprint density at radius 3 is 2.81 bits per heavy atom. The van der Waals surface area contributed by atoms with Gasteiger partial charge in [-0.15, -0.1) is 23.1 Å². The van der Waals surface area contributed by atoms with Gasteiger partial charge in [0.25, 0.3) is 0 Å². The van der Waals surface area contributed by atoms with Crippen molar-refractivity contribution in [3.63, 3.8) is 0 Å². The lowest BCUT2D eigenvalue weighted by molar-refractivity contribution is -0.121. The van der Waals surface area contributed by atoms with E-state index in [1.54, 1.807) is 13.0 Å². The van der Waals surface area contributed by atoms with Crippen molar-refractivity contribution in [1.82, 2.24) is 5.32 Å². The van der Waals surface area contributed by atoms with Crippen LogP contribution in [0.1, 0.15) is 25.1 Å². The minimum Gasteiger partial charge on any atom is -0.351 e. The van der Waals surface area contributed by atoms with Crippen molar-refractivity contribution in [3.05, 3.63) is 40.6 Å². The zero-order valence-electron chi connectivity index (χ0n) is 14.9. The van der Waals surface area contributed by atoms with Gasteiger partial charge in [-0.25, -0.2) is 8.42 Å². The van der Waals surface area contributed by atoms with E-state index in [4.69, 9.17) is 0 Å². The maximum Gasteiger partial charge on any atom is 0.237 e. The molecular weight excluding hydrogens is 404 g/mol. The molecule has 2 aromatic rings. The molecule has 0 aliphatic carbocycles. The zero-order chi connectivity index (χ0) is 19.6. The number of thiophene rings is 1. The van der Waals surface area contributed by atoms with Crippen LogP contribution >= 0.6 is 23.1 Å². The van der Waals surface area contributed by atoms with Crippen molar-refractivity contribution in [2.24, 2.45) is 0 Å². The Labute approximate surface area is 166 Å². The number of rotatable bonds is 6. The summed E-state index contributed by atoms with van der Waals surface area (Å²) in [5.74, 6) is -0.460. The summed E-state index contributed by atoms with van der Waals surface area (Å²) in [6.45, 7) is 3.71. The van der Waals surface area contributed by atoms with Crippen molar-refractivity contribution in [3.8, 4) is 0 Å². The molecule has 27 heavy (non-hydrogen) atoms. The molecule has 0 spiro atoms. The normalized spacial score (nSPS) is 17.7. The van der Waals surface area contributed by atoms with Crippen molar-refractivity contribution >= 4 is 50.4 Å². The fraction of sp³-hybridized carbons (Fsp3) is 0.333. The predicted octanol–water partition coefficient (Wildman–Crippen LogP) is 3.05. The van der Waals surface area contributed by atoms with E-state index in [0.29, 0.717) is 12.2 Å². The molecular formula is C18H20N2O4S3. The minimum atomic E-state index is -3.69. The van der Waals surface area contributed by atoms with Crippen LogP contribution in [0.4, 0.5) is 5.69 Å². The van der Waals surface area contributed by atoms with Gasteiger partial charge in [0.15, 0.2) is 9.84 Å². The van der Waals surface area contributed by atoms with E-state index in [1.807, 2.05) is 17.5 Å². The molecule has 0 saturated carbocycles. The van der Waals surface area contributed by atoms with Gasteiger partial charge in [0.1, 0.15) is 0 Å². The van der Waals surface area contributed by atoms with Gasteiger partial charge in [0, 0.05) is 16.2 Å². The topological polar surface area (TPSA) is 92.3 Å². The summed E-state index contributed by atoms with van der Waals surface area (Å²) in [6.07, 6.45) is -0.122. The van der Waals surface area contributed by atoms with Crippen molar-refractivity contribution in [2.75, 3.05) is 5.32 Å². The third-order valence-corrected chi connectivity index (χ3v) is 8.44. The number of carbonyl (C=O) groups excluding carboxylic acids is 2. The van der Waals surface area contributed by atoms with Crippen LogP contribution in [-0.4, -0.2) is 30.7 Å². The standard InChI is InChI=1S/C18H20N2O4S3/c1-11(8-17(21)19-10-13-4-3-7-25-13)27(23,24)14-5-6-16-15(9-14)20-18(22)12(2)26-16/h3-7,9,11-12H,8,10H2,1-2H3,(H,19,21)(H,20,22)/t11-,12+/m1/s1. The Kier molecular flexibility index (Phi) is 5.92. The number of hydrogen-bond acceptors (Lipinski definition) is 6. The number of nitrogens with one attached hydrogen (secondary N) is 2. The Hall–Kier alpha value is -1.84. The maximum atomic E-state index is 12.8. The van der Waals surface area contributed by atoms with Crippen molar-refractivity contribution in [1.29, 1.82) is 0 Å². The van der Waals surface area contributed by atoms with Gasteiger partial charge >= 0.3 is 0 Å². The number of sulfone groups is 1. The molecule has 0 saturated heterocycles. The summed E-state index contributed by atoms with van der Waals surface area (Å²) in [5.41, 5.74) is 0.499. The number of thioether (sulfide) groups is 1. The number of anilines is 1. The van der Waals surface area contributed by atoms with Crippen LogP contribution in [0.3, 0.4) is 0 Å². The van der Waals surface area contributed by atoms with Crippen LogP contribution in [0.2, 0.25) is 0 Å². The second-order valence-corrected chi connectivity index (χ2v) is 11.1. The van der Waals surface area contributed by atoms with E-state index in [1.165, 1.54) is 42.2 Å². The van der Waals surface area contributed by atoms with E-state index in [0.717, 1.165) is 9.77 Å². The van der Waals surface area contributed by atoms with Gasteiger partial charge in [-0.2, -0.15) is 0 Å². The van der Waals surface area contributed by atoms with Crippen molar-refractivity contribution in [2.45, 2.75) is 47.1 Å². The van der Waals surface area contributed by atoms with Crippen LogP contribution in [0.25, 0.3) is 0 Å². The molecule has 1 aromatic heterocycles. The minimum absolute atomic E-state index is 0.107. The SMILES string of the molecule is C[C@@H]1Sc2ccc(S(=O)(=O)[C@H](C)CC(=O)NCc3cccs3)cc2NC1=O. The van der Waals surface area contributed by atoms with E-state index >= 15 is 0 Å². The molecule has 2 amide bonds. The lowest BCUT2D eigenvalue weighted by Crippen LogP contribution is -2.30. The van der Waals surface area contributed by atoms with Gasteiger partial charge in [-0.3, -0.25) is 9.59 Å². The smallest absolute Gasteiger partial charge is 0.237 e. The predicted molar refractivity (Wildman–Crippen MR) is 108 cm³/mol. The Morgan fingerprint density at radius 1 is 1.33 bits per heavy atom. The second-order valence-electron chi connectivity index (χ2n) is 6.32. The summed E-state index contributed by atoms with van der Waals surface area (Å²) in [7, 11) is -3.69. The molecule has 2 atom stereocenters. The third kappa shape index (κ3) is 4.53. The number of benzene rings is 1. The van der Waals surface area contributed by atoms with Gasteiger partial charge in [-0.1, -0.05) is 6.07 Å². The average molecular weight is 425 g/mol. The first-order valence-corrected chi connectivity index (χ1v) is 11.7. The average Bonchev–Trinajstić information content (AvgIpc) is 3.14. The third-order valence-electron chi connectivity index (χ3n) is 4.25. The monoisotopic (exact) mass is 424 g/mol. The Morgan fingerprint density at radius 2 is 2.11 bits per heavy atom. The molecule has 144 valence electrons. The number of fused-ring (bicyclic) bond motifs is 1. The van der Waals surface area contributed by atoms with Crippen LogP contribution in [0.5, 0.6) is 0 Å². The van der Waals surface area contributed by atoms with Gasteiger partial charge < -0.3 is 10.6 Å². The maximum absolute atomic E-state index is 12.8. The van der Waals surface area contributed by atoms with E-state index in [-0.39, 0.29) is 28.4 Å². The number of hydrogen-bond donors (Lipinski definition) is 2. The number of amides is 2. The molecule has 0 unspecified atom stereocenters. The molecule has 3 rings (SSSR count). The molecule has 0 radical (unpaired) electrons. The van der Waals surface area contributed by atoms with Gasteiger partial charge in [0.2, 0.25) is 11.8 Å².